The van der Waals surface area contributed by atoms with Crippen molar-refractivity contribution in [3.63, 3.8) is 0 Å². The lowest BCUT2D eigenvalue weighted by atomic mass is 9.83. The van der Waals surface area contributed by atoms with Crippen molar-refractivity contribution in [1.29, 1.82) is 0 Å². The summed E-state index contributed by atoms with van der Waals surface area (Å²) in [6.45, 7) is 2.39. The Hall–Kier alpha value is -0.760. The van der Waals surface area contributed by atoms with Gasteiger partial charge in [0.1, 0.15) is 0 Å². The summed E-state index contributed by atoms with van der Waals surface area (Å²) in [4.78, 5) is 4.64. The zero-order valence-electron chi connectivity index (χ0n) is 9.49. The molecule has 2 heteroatoms. The molecule has 0 radical (unpaired) electrons. The maximum Gasteiger partial charge on any atom is 0.0655 e. The first-order chi connectivity index (χ1) is 7.86. The van der Waals surface area contributed by atoms with Crippen LogP contribution in [0.2, 0.25) is 0 Å². The molecule has 84 valence electrons. The Morgan fingerprint density at radius 1 is 1.19 bits per heavy atom. The van der Waals surface area contributed by atoms with Crippen LogP contribution < -0.4 is 0 Å². The average molecular weight is 231 g/mol. The SMILES string of the molecule is CC1C2C=CC=CC2SC1C1CC=CC=N1. The van der Waals surface area contributed by atoms with E-state index >= 15 is 0 Å². The van der Waals surface area contributed by atoms with E-state index in [0.29, 0.717) is 16.5 Å². The monoisotopic (exact) mass is 231 g/mol. The number of nitrogens with zero attached hydrogens (tertiary/aromatic N) is 1. The van der Waals surface area contributed by atoms with Crippen LogP contribution in [-0.2, 0) is 0 Å². The lowest BCUT2D eigenvalue weighted by Crippen LogP contribution is -2.27. The Labute approximate surface area is 101 Å². The van der Waals surface area contributed by atoms with Crippen molar-refractivity contribution in [1.82, 2.24) is 0 Å². The molecule has 3 rings (SSSR count). The molecule has 0 saturated carbocycles. The molecule has 0 aromatic carbocycles. The molecular formula is C14H17NS. The molecule has 2 heterocycles. The van der Waals surface area contributed by atoms with Crippen LogP contribution in [0.5, 0.6) is 0 Å². The summed E-state index contributed by atoms with van der Waals surface area (Å²) in [6.07, 6.45) is 16.5. The van der Waals surface area contributed by atoms with Crippen molar-refractivity contribution in [3.8, 4) is 0 Å². The van der Waals surface area contributed by atoms with Crippen LogP contribution in [0.15, 0.2) is 41.4 Å². The van der Waals surface area contributed by atoms with Crippen molar-refractivity contribution in [2.24, 2.45) is 16.8 Å². The van der Waals surface area contributed by atoms with Crippen LogP contribution in [-0.4, -0.2) is 22.8 Å². The molecule has 0 aromatic rings. The topological polar surface area (TPSA) is 12.4 Å². The zero-order valence-corrected chi connectivity index (χ0v) is 10.3. The van der Waals surface area contributed by atoms with Gasteiger partial charge in [-0.3, -0.25) is 4.99 Å². The fraction of sp³-hybridized carbons (Fsp3) is 0.500. The minimum Gasteiger partial charge on any atom is -0.288 e. The maximum atomic E-state index is 4.64. The first-order valence-electron chi connectivity index (χ1n) is 6.05. The molecule has 2 aliphatic heterocycles. The second-order valence-corrected chi connectivity index (χ2v) is 6.16. The van der Waals surface area contributed by atoms with Crippen LogP contribution in [0, 0.1) is 11.8 Å². The Morgan fingerprint density at radius 2 is 2.06 bits per heavy atom. The maximum absolute atomic E-state index is 4.64. The largest absolute Gasteiger partial charge is 0.288 e. The molecule has 5 atom stereocenters. The minimum atomic E-state index is 0.498. The normalized spacial score (nSPS) is 44.9. The summed E-state index contributed by atoms with van der Waals surface area (Å²) in [5.74, 6) is 1.46. The molecule has 1 nitrogen and oxygen atoms in total. The second-order valence-electron chi connectivity index (χ2n) is 4.80. The van der Waals surface area contributed by atoms with E-state index in [2.05, 4.69) is 60.1 Å². The highest BCUT2D eigenvalue weighted by atomic mass is 32.2. The van der Waals surface area contributed by atoms with E-state index in [4.69, 9.17) is 0 Å². The number of hydrogen-bond acceptors (Lipinski definition) is 2. The summed E-state index contributed by atoms with van der Waals surface area (Å²) in [5.41, 5.74) is 0. The lowest BCUT2D eigenvalue weighted by molar-refractivity contribution is 0.415. The number of aliphatic imine (C=N–C) groups is 1. The molecular weight excluding hydrogens is 214 g/mol. The molecule has 1 saturated heterocycles. The predicted octanol–water partition coefficient (Wildman–Crippen LogP) is 3.25. The Kier molecular flexibility index (Phi) is 2.76. The van der Waals surface area contributed by atoms with Gasteiger partial charge in [-0.2, -0.15) is 0 Å². The van der Waals surface area contributed by atoms with E-state index in [-0.39, 0.29) is 0 Å². The number of allylic oxidation sites excluding steroid dienone is 4. The average Bonchev–Trinajstić information content (AvgIpc) is 2.69. The van der Waals surface area contributed by atoms with E-state index in [1.54, 1.807) is 0 Å². The van der Waals surface area contributed by atoms with Gasteiger partial charge in [0.15, 0.2) is 0 Å². The van der Waals surface area contributed by atoms with Crippen LogP contribution in [0.4, 0.5) is 0 Å². The van der Waals surface area contributed by atoms with Gasteiger partial charge in [0.25, 0.3) is 0 Å². The highest BCUT2D eigenvalue weighted by molar-refractivity contribution is 8.01. The summed E-state index contributed by atoms with van der Waals surface area (Å²) >= 11 is 2.12. The van der Waals surface area contributed by atoms with Crippen molar-refractivity contribution in [2.45, 2.75) is 29.9 Å². The molecule has 1 aliphatic carbocycles. The number of rotatable bonds is 1. The van der Waals surface area contributed by atoms with Gasteiger partial charge in [0.05, 0.1) is 6.04 Å². The molecule has 0 spiro atoms. The van der Waals surface area contributed by atoms with Crippen molar-refractivity contribution in [2.75, 3.05) is 0 Å². The van der Waals surface area contributed by atoms with Gasteiger partial charge in [-0.1, -0.05) is 37.3 Å². The molecule has 5 unspecified atom stereocenters. The molecule has 0 N–H and O–H groups in total. The molecule has 0 aromatic heterocycles. The minimum absolute atomic E-state index is 0.498. The van der Waals surface area contributed by atoms with E-state index in [0.717, 1.165) is 18.3 Å². The first kappa shape index (κ1) is 10.4. The van der Waals surface area contributed by atoms with Gasteiger partial charge in [-0.05, 0) is 24.3 Å². The summed E-state index contributed by atoms with van der Waals surface area (Å²) < 4.78 is 0. The molecule has 0 amide bonds. The van der Waals surface area contributed by atoms with Gasteiger partial charge < -0.3 is 0 Å². The van der Waals surface area contributed by atoms with E-state index in [9.17, 15) is 0 Å². The van der Waals surface area contributed by atoms with E-state index in [1.807, 2.05) is 6.21 Å². The van der Waals surface area contributed by atoms with Crippen molar-refractivity contribution in [3.05, 3.63) is 36.5 Å². The number of fused-ring (bicyclic) bond motifs is 1. The Bertz CT molecular complexity index is 380. The summed E-state index contributed by atoms with van der Waals surface area (Å²) in [5, 5.41) is 1.37. The first-order valence-corrected chi connectivity index (χ1v) is 6.99. The molecule has 0 bridgehead atoms. The number of dihydropyridines is 1. The quantitative estimate of drug-likeness (QED) is 0.675. The third-order valence-corrected chi connectivity index (χ3v) is 5.66. The standard InChI is InChI=1S/C14H17NS/c1-10-11-6-2-3-8-13(11)16-14(10)12-7-4-5-9-15-12/h2-6,8-14H,7H2,1H3. The van der Waals surface area contributed by atoms with Crippen LogP contribution >= 0.6 is 11.8 Å². The smallest absolute Gasteiger partial charge is 0.0655 e. The van der Waals surface area contributed by atoms with Gasteiger partial charge in [-0.25, -0.2) is 0 Å². The van der Waals surface area contributed by atoms with Crippen molar-refractivity contribution < 1.29 is 0 Å². The zero-order chi connectivity index (χ0) is 11.0. The number of hydrogen-bond donors (Lipinski definition) is 0. The van der Waals surface area contributed by atoms with Gasteiger partial charge in [0, 0.05) is 16.7 Å². The second kappa shape index (κ2) is 4.25. The van der Waals surface area contributed by atoms with Gasteiger partial charge >= 0.3 is 0 Å². The third-order valence-electron chi connectivity index (χ3n) is 3.82. The summed E-state index contributed by atoms with van der Waals surface area (Å²) in [6, 6.07) is 0.498. The van der Waals surface area contributed by atoms with Gasteiger partial charge in [-0.15, -0.1) is 11.8 Å². The summed E-state index contributed by atoms with van der Waals surface area (Å²) in [7, 11) is 0. The van der Waals surface area contributed by atoms with Crippen molar-refractivity contribution >= 4 is 18.0 Å². The lowest BCUT2D eigenvalue weighted by Gasteiger charge is -2.24. The number of thioether (sulfide) groups is 1. The van der Waals surface area contributed by atoms with Gasteiger partial charge in [0.2, 0.25) is 0 Å². The Balaban J connectivity index is 1.78. The molecule has 3 aliphatic rings. The molecule has 16 heavy (non-hydrogen) atoms. The predicted molar refractivity (Wildman–Crippen MR) is 72.1 cm³/mol. The fourth-order valence-electron chi connectivity index (χ4n) is 2.90. The van der Waals surface area contributed by atoms with Crippen LogP contribution in [0.3, 0.4) is 0 Å². The van der Waals surface area contributed by atoms with Crippen LogP contribution in [0.25, 0.3) is 0 Å². The fourth-order valence-corrected chi connectivity index (χ4v) is 4.76. The van der Waals surface area contributed by atoms with Crippen LogP contribution in [0.1, 0.15) is 13.3 Å². The van der Waals surface area contributed by atoms with E-state index in [1.165, 1.54) is 0 Å². The highest BCUT2D eigenvalue weighted by Gasteiger charge is 2.42. The third kappa shape index (κ3) is 1.69. The highest BCUT2D eigenvalue weighted by Crippen LogP contribution is 2.48. The Morgan fingerprint density at radius 3 is 2.81 bits per heavy atom. The van der Waals surface area contributed by atoms with E-state index < -0.39 is 0 Å². The molecule has 1 fully saturated rings.